The highest BCUT2D eigenvalue weighted by Gasteiger charge is 2.31. The molecular formula is C24H27N3O3. The molecule has 0 saturated carbocycles. The minimum Gasteiger partial charge on any atom is -0.484 e. The Bertz CT molecular complexity index is 997. The monoisotopic (exact) mass is 405 g/mol. The van der Waals surface area contributed by atoms with Gasteiger partial charge in [-0.05, 0) is 50.8 Å². The van der Waals surface area contributed by atoms with Gasteiger partial charge in [-0.2, -0.15) is 4.98 Å². The fraction of sp³-hybridized carbons (Fsp3) is 0.375. The molecule has 0 aliphatic carbocycles. The highest BCUT2D eigenvalue weighted by Crippen LogP contribution is 2.30. The molecule has 1 unspecified atom stereocenters. The Labute approximate surface area is 176 Å². The van der Waals surface area contributed by atoms with Crippen LogP contribution in [0.5, 0.6) is 5.75 Å². The molecule has 3 aromatic rings. The van der Waals surface area contributed by atoms with Crippen LogP contribution in [0.3, 0.4) is 0 Å². The summed E-state index contributed by atoms with van der Waals surface area (Å²) in [4.78, 5) is 19.5. The first-order chi connectivity index (χ1) is 14.6. The van der Waals surface area contributed by atoms with Crippen LogP contribution in [-0.4, -0.2) is 27.5 Å². The van der Waals surface area contributed by atoms with Gasteiger partial charge in [0.1, 0.15) is 5.75 Å². The lowest BCUT2D eigenvalue weighted by Gasteiger charge is -2.34. The average molecular weight is 405 g/mol. The zero-order valence-corrected chi connectivity index (χ0v) is 17.5. The van der Waals surface area contributed by atoms with E-state index >= 15 is 0 Å². The van der Waals surface area contributed by atoms with Crippen LogP contribution in [0.25, 0.3) is 0 Å². The molecule has 1 aromatic heterocycles. The van der Waals surface area contributed by atoms with Gasteiger partial charge in [-0.25, -0.2) is 0 Å². The first-order valence-electron chi connectivity index (χ1n) is 10.5. The van der Waals surface area contributed by atoms with E-state index in [0.717, 1.165) is 42.7 Å². The summed E-state index contributed by atoms with van der Waals surface area (Å²) in [6.07, 6.45) is 3.27. The van der Waals surface area contributed by atoms with Crippen LogP contribution in [0.4, 0.5) is 0 Å². The van der Waals surface area contributed by atoms with E-state index in [2.05, 4.69) is 16.2 Å². The second-order valence-electron chi connectivity index (χ2n) is 7.91. The Morgan fingerprint density at radius 1 is 1.13 bits per heavy atom. The van der Waals surface area contributed by atoms with E-state index in [0.29, 0.717) is 18.1 Å². The number of hydrogen-bond donors (Lipinski definition) is 0. The van der Waals surface area contributed by atoms with E-state index in [9.17, 15) is 4.79 Å². The van der Waals surface area contributed by atoms with Crippen molar-refractivity contribution in [2.75, 3.05) is 6.54 Å². The SMILES string of the molecule is Cc1ccc(OCc2nc(C3CCCCN3C(=O)Cc3cccc(C)c3)no2)cc1. The second kappa shape index (κ2) is 9.11. The van der Waals surface area contributed by atoms with Crippen LogP contribution in [0.15, 0.2) is 53.1 Å². The van der Waals surface area contributed by atoms with Gasteiger partial charge in [0.05, 0.1) is 12.5 Å². The van der Waals surface area contributed by atoms with Gasteiger partial charge in [-0.3, -0.25) is 4.79 Å². The van der Waals surface area contributed by atoms with Gasteiger partial charge < -0.3 is 14.2 Å². The number of ether oxygens (including phenoxy) is 1. The number of likely N-dealkylation sites (tertiary alicyclic amines) is 1. The molecule has 6 nitrogen and oxygen atoms in total. The number of hydrogen-bond acceptors (Lipinski definition) is 5. The molecule has 1 saturated heterocycles. The molecule has 1 atom stereocenters. The van der Waals surface area contributed by atoms with Gasteiger partial charge in [-0.1, -0.05) is 52.7 Å². The van der Waals surface area contributed by atoms with Crippen LogP contribution < -0.4 is 4.74 Å². The summed E-state index contributed by atoms with van der Waals surface area (Å²) in [7, 11) is 0. The Morgan fingerprint density at radius 3 is 2.77 bits per heavy atom. The molecule has 0 bridgehead atoms. The van der Waals surface area contributed by atoms with E-state index in [1.165, 1.54) is 5.56 Å². The molecule has 6 heteroatoms. The molecule has 30 heavy (non-hydrogen) atoms. The van der Waals surface area contributed by atoms with E-state index in [1.54, 1.807) is 0 Å². The minimum atomic E-state index is -0.145. The lowest BCUT2D eigenvalue weighted by molar-refractivity contribution is -0.134. The van der Waals surface area contributed by atoms with Crippen molar-refractivity contribution in [3.63, 3.8) is 0 Å². The fourth-order valence-electron chi connectivity index (χ4n) is 3.84. The number of nitrogens with zero attached hydrogens (tertiary/aromatic N) is 3. The molecule has 0 spiro atoms. The van der Waals surface area contributed by atoms with Crippen molar-refractivity contribution in [2.45, 2.75) is 52.2 Å². The molecule has 2 aromatic carbocycles. The topological polar surface area (TPSA) is 68.5 Å². The van der Waals surface area contributed by atoms with Gasteiger partial charge in [0.2, 0.25) is 5.91 Å². The van der Waals surface area contributed by atoms with Crippen LogP contribution in [-0.2, 0) is 17.8 Å². The molecule has 2 heterocycles. The number of rotatable bonds is 6. The standard InChI is InChI=1S/C24H27N3O3/c1-17-9-11-20(12-10-17)29-16-22-25-24(26-30-22)21-8-3-4-13-27(21)23(28)15-19-7-5-6-18(2)14-19/h5-7,9-12,14,21H,3-4,8,13,15-16H2,1-2H3. The van der Waals surface area contributed by atoms with Crippen molar-refractivity contribution in [2.24, 2.45) is 0 Å². The van der Waals surface area contributed by atoms with E-state index in [4.69, 9.17) is 9.26 Å². The van der Waals surface area contributed by atoms with Crippen LogP contribution in [0, 0.1) is 13.8 Å². The summed E-state index contributed by atoms with van der Waals surface area (Å²) in [6, 6.07) is 15.8. The Hall–Kier alpha value is -3.15. The first kappa shape index (κ1) is 20.1. The summed E-state index contributed by atoms with van der Waals surface area (Å²) in [6.45, 7) is 5.00. The van der Waals surface area contributed by atoms with Crippen molar-refractivity contribution in [1.29, 1.82) is 0 Å². The summed E-state index contributed by atoms with van der Waals surface area (Å²) in [5.41, 5.74) is 3.37. The predicted octanol–water partition coefficient (Wildman–Crippen LogP) is 4.56. The molecule has 4 rings (SSSR count). The lowest BCUT2D eigenvalue weighted by Crippen LogP contribution is -2.39. The lowest BCUT2D eigenvalue weighted by atomic mass is 10.00. The Balaban J connectivity index is 1.42. The maximum Gasteiger partial charge on any atom is 0.264 e. The van der Waals surface area contributed by atoms with Crippen molar-refractivity contribution < 1.29 is 14.1 Å². The van der Waals surface area contributed by atoms with Crippen LogP contribution >= 0.6 is 0 Å². The highest BCUT2D eigenvalue weighted by atomic mass is 16.5. The van der Waals surface area contributed by atoms with E-state index in [1.807, 2.05) is 61.2 Å². The number of carbonyl (C=O) groups is 1. The van der Waals surface area contributed by atoms with Crippen LogP contribution in [0.2, 0.25) is 0 Å². The van der Waals surface area contributed by atoms with Crippen molar-refractivity contribution >= 4 is 5.91 Å². The normalized spacial score (nSPS) is 16.5. The zero-order chi connectivity index (χ0) is 20.9. The van der Waals surface area contributed by atoms with E-state index < -0.39 is 0 Å². The Morgan fingerprint density at radius 2 is 1.97 bits per heavy atom. The molecule has 1 fully saturated rings. The maximum absolute atomic E-state index is 13.0. The van der Waals surface area contributed by atoms with Crippen molar-refractivity contribution in [3.8, 4) is 5.75 Å². The van der Waals surface area contributed by atoms with E-state index in [-0.39, 0.29) is 18.6 Å². The highest BCUT2D eigenvalue weighted by molar-refractivity contribution is 5.79. The van der Waals surface area contributed by atoms with Gasteiger partial charge in [0.15, 0.2) is 12.4 Å². The molecule has 156 valence electrons. The fourth-order valence-corrected chi connectivity index (χ4v) is 3.84. The molecule has 0 radical (unpaired) electrons. The summed E-state index contributed by atoms with van der Waals surface area (Å²) < 4.78 is 11.1. The minimum absolute atomic E-state index is 0.104. The average Bonchev–Trinajstić information content (AvgIpc) is 3.22. The summed E-state index contributed by atoms with van der Waals surface area (Å²) in [5, 5.41) is 4.16. The molecule has 1 aliphatic heterocycles. The third-order valence-electron chi connectivity index (χ3n) is 5.43. The number of aromatic nitrogens is 2. The van der Waals surface area contributed by atoms with Crippen LogP contribution in [0.1, 0.15) is 53.7 Å². The third kappa shape index (κ3) is 4.87. The van der Waals surface area contributed by atoms with Gasteiger partial charge in [0.25, 0.3) is 5.89 Å². The zero-order valence-electron chi connectivity index (χ0n) is 17.5. The van der Waals surface area contributed by atoms with Gasteiger partial charge in [-0.15, -0.1) is 0 Å². The summed E-state index contributed by atoms with van der Waals surface area (Å²) in [5.74, 6) is 1.84. The van der Waals surface area contributed by atoms with Gasteiger partial charge in [0, 0.05) is 6.54 Å². The smallest absolute Gasteiger partial charge is 0.264 e. The quantitative estimate of drug-likeness (QED) is 0.601. The van der Waals surface area contributed by atoms with Crippen molar-refractivity contribution in [1.82, 2.24) is 15.0 Å². The first-order valence-corrected chi connectivity index (χ1v) is 10.5. The molecular weight excluding hydrogens is 378 g/mol. The third-order valence-corrected chi connectivity index (χ3v) is 5.43. The number of piperidine rings is 1. The number of amides is 1. The number of benzene rings is 2. The maximum atomic E-state index is 13.0. The van der Waals surface area contributed by atoms with Gasteiger partial charge >= 0.3 is 0 Å². The largest absolute Gasteiger partial charge is 0.484 e. The number of carbonyl (C=O) groups excluding carboxylic acids is 1. The molecule has 0 N–H and O–H groups in total. The predicted molar refractivity (Wildman–Crippen MR) is 113 cm³/mol. The number of aryl methyl sites for hydroxylation is 2. The Kier molecular flexibility index (Phi) is 6.12. The van der Waals surface area contributed by atoms with Crippen molar-refractivity contribution in [3.05, 3.63) is 76.9 Å². The molecule has 1 aliphatic rings. The summed E-state index contributed by atoms with van der Waals surface area (Å²) >= 11 is 0. The molecule has 1 amide bonds. The second-order valence-corrected chi connectivity index (χ2v) is 7.91.